The van der Waals surface area contributed by atoms with Crippen LogP contribution in [0.1, 0.15) is 5.69 Å². The Balaban J connectivity index is 1.89. The second-order valence-corrected chi connectivity index (χ2v) is 6.08. The van der Waals surface area contributed by atoms with Crippen LogP contribution in [0, 0.1) is 6.92 Å². The largest absolute Gasteiger partial charge is 0.343 e. The van der Waals surface area contributed by atoms with Gasteiger partial charge >= 0.3 is 0 Å². The first-order valence-electron chi connectivity index (χ1n) is 7.04. The van der Waals surface area contributed by atoms with Crippen molar-refractivity contribution >= 4 is 22.8 Å². The maximum Gasteiger partial charge on any atom is 0.215 e. The number of benzene rings is 1. The highest BCUT2D eigenvalue weighted by Crippen LogP contribution is 2.32. The van der Waals surface area contributed by atoms with Crippen LogP contribution < -0.4 is 0 Å². The smallest absolute Gasteiger partial charge is 0.215 e. The van der Waals surface area contributed by atoms with Gasteiger partial charge in [-0.05, 0) is 35.2 Å². The van der Waals surface area contributed by atoms with Crippen molar-refractivity contribution < 1.29 is 0 Å². The van der Waals surface area contributed by atoms with Gasteiger partial charge in [0.05, 0.1) is 5.39 Å². The van der Waals surface area contributed by atoms with Crippen LogP contribution in [0.3, 0.4) is 0 Å². The monoisotopic (exact) mass is 323 g/mol. The molecular formula is C15H13N7S. The molecule has 0 aliphatic heterocycles. The molecule has 114 valence electrons. The van der Waals surface area contributed by atoms with Crippen molar-refractivity contribution in [3.63, 3.8) is 0 Å². The van der Waals surface area contributed by atoms with Gasteiger partial charge in [-0.25, -0.2) is 14.6 Å². The number of fused-ring (bicyclic) bond motifs is 1. The van der Waals surface area contributed by atoms with Crippen molar-refractivity contribution in [3.8, 4) is 11.4 Å². The Morgan fingerprint density at radius 3 is 2.70 bits per heavy atom. The van der Waals surface area contributed by atoms with Gasteiger partial charge in [0.15, 0.2) is 5.82 Å². The molecule has 0 fully saturated rings. The van der Waals surface area contributed by atoms with E-state index < -0.39 is 0 Å². The van der Waals surface area contributed by atoms with Crippen LogP contribution in [-0.4, -0.2) is 35.2 Å². The third-order valence-electron chi connectivity index (χ3n) is 3.39. The predicted octanol–water partition coefficient (Wildman–Crippen LogP) is 2.61. The van der Waals surface area contributed by atoms with Crippen LogP contribution in [0.5, 0.6) is 0 Å². The first-order valence-corrected chi connectivity index (χ1v) is 7.85. The second-order valence-electron chi connectivity index (χ2n) is 5.12. The Morgan fingerprint density at radius 1 is 1.13 bits per heavy atom. The molecule has 0 atom stereocenters. The van der Waals surface area contributed by atoms with Crippen LogP contribution in [0.2, 0.25) is 0 Å². The van der Waals surface area contributed by atoms with Crippen molar-refractivity contribution in [2.24, 2.45) is 7.05 Å². The summed E-state index contributed by atoms with van der Waals surface area (Å²) >= 11 is 1.43. The Kier molecular flexibility index (Phi) is 3.30. The molecule has 8 heteroatoms. The molecule has 4 aromatic rings. The molecule has 3 aromatic heterocycles. The SMILES string of the molecule is Cc1cc2c(Sc3nnnn3C)nc(-c3ccccc3)nc2[nH]1. The highest BCUT2D eigenvalue weighted by molar-refractivity contribution is 7.99. The Labute approximate surface area is 136 Å². The van der Waals surface area contributed by atoms with E-state index in [-0.39, 0.29) is 0 Å². The molecule has 1 aromatic carbocycles. The van der Waals surface area contributed by atoms with E-state index in [9.17, 15) is 0 Å². The van der Waals surface area contributed by atoms with Crippen molar-refractivity contribution in [3.05, 3.63) is 42.1 Å². The van der Waals surface area contributed by atoms with Gasteiger partial charge in [-0.3, -0.25) is 0 Å². The van der Waals surface area contributed by atoms with Crippen LogP contribution in [0.25, 0.3) is 22.4 Å². The molecule has 4 rings (SSSR count). The quantitative estimate of drug-likeness (QED) is 0.583. The number of nitrogens with zero attached hydrogens (tertiary/aromatic N) is 6. The molecule has 23 heavy (non-hydrogen) atoms. The summed E-state index contributed by atoms with van der Waals surface area (Å²) in [7, 11) is 1.81. The van der Waals surface area contributed by atoms with Gasteiger partial charge in [-0.15, -0.1) is 5.10 Å². The zero-order chi connectivity index (χ0) is 15.8. The highest BCUT2D eigenvalue weighted by Gasteiger charge is 2.15. The van der Waals surface area contributed by atoms with Gasteiger partial charge in [0.2, 0.25) is 5.16 Å². The zero-order valence-corrected chi connectivity index (χ0v) is 13.4. The number of aryl methyl sites for hydroxylation is 2. The first-order chi connectivity index (χ1) is 11.2. The minimum atomic E-state index is 0.678. The summed E-state index contributed by atoms with van der Waals surface area (Å²) in [6, 6.07) is 12.0. The van der Waals surface area contributed by atoms with Gasteiger partial charge in [0.1, 0.15) is 10.7 Å². The van der Waals surface area contributed by atoms with E-state index in [1.165, 1.54) is 11.8 Å². The number of tetrazole rings is 1. The summed E-state index contributed by atoms with van der Waals surface area (Å²) in [5.74, 6) is 0.678. The molecule has 0 saturated carbocycles. The molecular weight excluding hydrogens is 310 g/mol. The fraction of sp³-hybridized carbons (Fsp3) is 0.133. The lowest BCUT2D eigenvalue weighted by molar-refractivity contribution is 0.664. The number of nitrogens with one attached hydrogen (secondary N) is 1. The molecule has 0 saturated heterocycles. The minimum absolute atomic E-state index is 0.678. The van der Waals surface area contributed by atoms with E-state index in [0.29, 0.717) is 11.0 Å². The summed E-state index contributed by atoms with van der Waals surface area (Å²) in [6.45, 7) is 2.00. The molecule has 0 bridgehead atoms. The summed E-state index contributed by atoms with van der Waals surface area (Å²) in [5.41, 5.74) is 2.83. The van der Waals surface area contributed by atoms with E-state index in [4.69, 9.17) is 4.98 Å². The Bertz CT molecular complexity index is 974. The minimum Gasteiger partial charge on any atom is -0.343 e. The third kappa shape index (κ3) is 2.57. The van der Waals surface area contributed by atoms with E-state index in [2.05, 4.69) is 25.5 Å². The number of aromatic amines is 1. The number of aromatic nitrogens is 7. The normalized spacial score (nSPS) is 11.2. The topological polar surface area (TPSA) is 85.2 Å². The molecule has 0 aliphatic carbocycles. The number of hydrogen-bond donors (Lipinski definition) is 1. The average Bonchev–Trinajstić information content (AvgIpc) is 3.13. The van der Waals surface area contributed by atoms with Gasteiger partial charge in [0, 0.05) is 18.3 Å². The summed E-state index contributed by atoms with van der Waals surface area (Å²) in [6.07, 6.45) is 0. The molecule has 0 radical (unpaired) electrons. The second kappa shape index (κ2) is 5.47. The average molecular weight is 323 g/mol. The fourth-order valence-corrected chi connectivity index (χ4v) is 3.12. The fourth-order valence-electron chi connectivity index (χ4n) is 2.30. The maximum absolute atomic E-state index is 4.72. The van der Waals surface area contributed by atoms with Crippen molar-refractivity contribution in [2.45, 2.75) is 17.1 Å². The van der Waals surface area contributed by atoms with E-state index in [1.807, 2.05) is 43.3 Å². The lowest BCUT2D eigenvalue weighted by atomic mass is 10.2. The van der Waals surface area contributed by atoms with Gasteiger partial charge < -0.3 is 4.98 Å². The van der Waals surface area contributed by atoms with Crippen LogP contribution in [0.15, 0.2) is 46.6 Å². The third-order valence-corrected chi connectivity index (χ3v) is 4.42. The van der Waals surface area contributed by atoms with Crippen molar-refractivity contribution in [2.75, 3.05) is 0 Å². The molecule has 7 nitrogen and oxygen atoms in total. The lowest BCUT2D eigenvalue weighted by Gasteiger charge is -2.05. The lowest BCUT2D eigenvalue weighted by Crippen LogP contribution is -1.96. The van der Waals surface area contributed by atoms with E-state index in [1.54, 1.807) is 11.7 Å². The zero-order valence-electron chi connectivity index (χ0n) is 12.6. The highest BCUT2D eigenvalue weighted by atomic mass is 32.2. The standard InChI is InChI=1S/C15H13N7S/c1-9-8-11-13(16-9)17-12(10-6-4-3-5-7-10)18-14(11)23-15-19-20-21-22(15)2/h3-8H,1-2H3,(H,16,17,18). The summed E-state index contributed by atoms with van der Waals surface area (Å²) in [4.78, 5) is 12.6. The molecule has 0 unspecified atom stereocenters. The molecule has 1 N–H and O–H groups in total. The molecule has 0 aliphatic rings. The van der Waals surface area contributed by atoms with Gasteiger partial charge in [0.25, 0.3) is 0 Å². The molecule has 0 amide bonds. The molecule has 3 heterocycles. The molecule has 0 spiro atoms. The van der Waals surface area contributed by atoms with E-state index in [0.717, 1.165) is 27.3 Å². The van der Waals surface area contributed by atoms with Crippen molar-refractivity contribution in [1.29, 1.82) is 0 Å². The van der Waals surface area contributed by atoms with Crippen LogP contribution in [0.4, 0.5) is 0 Å². The number of H-pyrrole nitrogens is 1. The van der Waals surface area contributed by atoms with Crippen molar-refractivity contribution in [1.82, 2.24) is 35.2 Å². The van der Waals surface area contributed by atoms with Gasteiger partial charge in [-0.1, -0.05) is 30.3 Å². The number of hydrogen-bond acceptors (Lipinski definition) is 6. The first kappa shape index (κ1) is 13.9. The van der Waals surface area contributed by atoms with Crippen LogP contribution in [-0.2, 0) is 7.05 Å². The number of rotatable bonds is 3. The van der Waals surface area contributed by atoms with Crippen LogP contribution >= 0.6 is 11.8 Å². The Morgan fingerprint density at radius 2 is 1.96 bits per heavy atom. The predicted molar refractivity (Wildman–Crippen MR) is 87.0 cm³/mol. The van der Waals surface area contributed by atoms with Gasteiger partial charge in [-0.2, -0.15) is 0 Å². The maximum atomic E-state index is 4.72. The Hall–Kier alpha value is -2.74. The van der Waals surface area contributed by atoms with E-state index >= 15 is 0 Å². The summed E-state index contributed by atoms with van der Waals surface area (Å²) in [5, 5.41) is 14.0. The summed E-state index contributed by atoms with van der Waals surface area (Å²) < 4.78 is 1.63.